The van der Waals surface area contributed by atoms with Crippen LogP contribution in [0.2, 0.25) is 0 Å². The quantitative estimate of drug-likeness (QED) is 0.409. The largest absolute Gasteiger partial charge is 0.478 e. The molecule has 0 bridgehead atoms. The van der Waals surface area contributed by atoms with Gasteiger partial charge < -0.3 is 14.9 Å². The van der Waals surface area contributed by atoms with Crippen molar-refractivity contribution in [3.05, 3.63) is 84.1 Å². The number of benzene rings is 2. The van der Waals surface area contributed by atoms with E-state index in [0.29, 0.717) is 35.4 Å². The van der Waals surface area contributed by atoms with E-state index in [1.807, 2.05) is 18.2 Å². The molecule has 1 aliphatic heterocycles. The lowest BCUT2D eigenvalue weighted by atomic mass is 10.1. The number of aryl methyl sites for hydroxylation is 1. The highest BCUT2D eigenvalue weighted by atomic mass is 32.2. The number of nitrogens with zero attached hydrogens (tertiary/aromatic N) is 4. The molecule has 9 nitrogen and oxygen atoms in total. The monoisotopic (exact) mass is 503 g/mol. The van der Waals surface area contributed by atoms with E-state index in [2.05, 4.69) is 19.5 Å². The van der Waals surface area contributed by atoms with Gasteiger partial charge >= 0.3 is 5.97 Å². The Bertz CT molecular complexity index is 1540. The van der Waals surface area contributed by atoms with Crippen LogP contribution in [0.4, 0.5) is 17.3 Å². The first-order chi connectivity index (χ1) is 17.3. The number of aromatic nitrogens is 2. The average molecular weight is 504 g/mol. The number of hydrogen-bond donors (Lipinski definition) is 2. The van der Waals surface area contributed by atoms with E-state index in [0.717, 1.165) is 18.9 Å². The number of pyridine rings is 2. The summed E-state index contributed by atoms with van der Waals surface area (Å²) in [5, 5.41) is 10.3. The summed E-state index contributed by atoms with van der Waals surface area (Å²) < 4.78 is 28.4. The zero-order valence-electron chi connectivity index (χ0n) is 19.6. The molecule has 4 aromatic rings. The highest BCUT2D eigenvalue weighted by molar-refractivity contribution is 7.92. The number of carboxylic acid groups (broad SMARTS) is 1. The van der Waals surface area contributed by atoms with Crippen molar-refractivity contribution >= 4 is 44.2 Å². The average Bonchev–Trinajstić information content (AvgIpc) is 2.88. The van der Waals surface area contributed by atoms with Crippen molar-refractivity contribution in [2.75, 3.05) is 40.7 Å². The predicted octanol–water partition coefficient (Wildman–Crippen LogP) is 3.76. The topological polar surface area (TPSA) is 116 Å². The van der Waals surface area contributed by atoms with Gasteiger partial charge in [-0.1, -0.05) is 24.3 Å². The first-order valence-electron chi connectivity index (χ1n) is 11.5. The first-order valence-corrected chi connectivity index (χ1v) is 13.0. The molecule has 2 aromatic carbocycles. The SMILES string of the molecule is Cc1ccccc1S(=O)(=O)Nc1ccc2nc(N3CCN(c4ccccn4)CC3)cc(C(=O)O)c2c1. The summed E-state index contributed by atoms with van der Waals surface area (Å²) in [6.45, 7) is 4.53. The van der Waals surface area contributed by atoms with Crippen LogP contribution < -0.4 is 14.5 Å². The Morgan fingerprint density at radius 3 is 2.28 bits per heavy atom. The molecule has 0 amide bonds. The highest BCUT2D eigenvalue weighted by Gasteiger charge is 2.22. The Hall–Kier alpha value is -4.18. The minimum atomic E-state index is -3.84. The van der Waals surface area contributed by atoms with E-state index >= 15 is 0 Å². The third-order valence-electron chi connectivity index (χ3n) is 6.24. The van der Waals surface area contributed by atoms with E-state index in [1.165, 1.54) is 12.1 Å². The van der Waals surface area contributed by atoms with E-state index < -0.39 is 16.0 Å². The second kappa shape index (κ2) is 9.46. The lowest BCUT2D eigenvalue weighted by Gasteiger charge is -2.36. The van der Waals surface area contributed by atoms with Gasteiger partial charge in [-0.2, -0.15) is 0 Å². The van der Waals surface area contributed by atoms with Crippen molar-refractivity contribution in [2.24, 2.45) is 0 Å². The summed E-state index contributed by atoms with van der Waals surface area (Å²) in [6.07, 6.45) is 1.76. The van der Waals surface area contributed by atoms with Crippen LogP contribution in [0.3, 0.4) is 0 Å². The maximum Gasteiger partial charge on any atom is 0.336 e. The molecule has 10 heteroatoms. The van der Waals surface area contributed by atoms with Crippen LogP contribution in [-0.4, -0.2) is 55.6 Å². The van der Waals surface area contributed by atoms with Gasteiger partial charge in [-0.25, -0.2) is 23.2 Å². The number of carboxylic acids is 1. The lowest BCUT2D eigenvalue weighted by Crippen LogP contribution is -2.47. The van der Waals surface area contributed by atoms with Crippen molar-refractivity contribution < 1.29 is 18.3 Å². The molecule has 0 radical (unpaired) electrons. The fourth-order valence-corrected chi connectivity index (χ4v) is 5.68. The number of hydrogen-bond acceptors (Lipinski definition) is 7. The minimum absolute atomic E-state index is 0.0686. The van der Waals surface area contributed by atoms with Gasteiger partial charge in [-0.3, -0.25) is 4.72 Å². The summed E-state index contributed by atoms with van der Waals surface area (Å²) in [7, 11) is -3.84. The third-order valence-corrected chi connectivity index (χ3v) is 7.78. The van der Waals surface area contributed by atoms with Crippen LogP contribution in [0, 0.1) is 6.92 Å². The van der Waals surface area contributed by atoms with Gasteiger partial charge in [0.05, 0.1) is 16.0 Å². The van der Waals surface area contributed by atoms with Gasteiger partial charge in [0, 0.05) is 43.4 Å². The van der Waals surface area contributed by atoms with Crippen molar-refractivity contribution in [2.45, 2.75) is 11.8 Å². The summed E-state index contributed by atoms with van der Waals surface area (Å²) in [4.78, 5) is 25.7. The fourth-order valence-electron chi connectivity index (χ4n) is 4.39. The van der Waals surface area contributed by atoms with Crippen LogP contribution in [0.1, 0.15) is 15.9 Å². The molecule has 0 atom stereocenters. The molecule has 5 rings (SSSR count). The summed E-state index contributed by atoms with van der Waals surface area (Å²) in [6, 6.07) is 18.8. The molecular weight excluding hydrogens is 478 g/mol. The third kappa shape index (κ3) is 4.67. The normalized spacial score (nSPS) is 14.1. The first kappa shape index (κ1) is 23.6. The number of sulfonamides is 1. The maximum atomic E-state index is 12.9. The lowest BCUT2D eigenvalue weighted by molar-refractivity contribution is 0.0699. The zero-order valence-corrected chi connectivity index (χ0v) is 20.4. The Morgan fingerprint density at radius 2 is 1.61 bits per heavy atom. The van der Waals surface area contributed by atoms with Gasteiger partial charge in [-0.15, -0.1) is 0 Å². The Balaban J connectivity index is 1.42. The van der Waals surface area contributed by atoms with Crippen molar-refractivity contribution in [3.8, 4) is 0 Å². The predicted molar refractivity (Wildman–Crippen MR) is 139 cm³/mol. The number of carbonyl (C=O) groups is 1. The smallest absolute Gasteiger partial charge is 0.336 e. The van der Waals surface area contributed by atoms with Crippen molar-refractivity contribution in [1.29, 1.82) is 0 Å². The molecule has 0 unspecified atom stereocenters. The molecule has 0 aliphatic carbocycles. The van der Waals surface area contributed by atoms with Crippen molar-refractivity contribution in [3.63, 3.8) is 0 Å². The van der Waals surface area contributed by atoms with E-state index in [9.17, 15) is 18.3 Å². The number of fused-ring (bicyclic) bond motifs is 1. The Kier molecular flexibility index (Phi) is 6.19. The number of anilines is 3. The van der Waals surface area contributed by atoms with E-state index in [-0.39, 0.29) is 16.1 Å². The molecule has 2 N–H and O–H groups in total. The molecule has 36 heavy (non-hydrogen) atoms. The van der Waals surface area contributed by atoms with Crippen LogP contribution in [0.25, 0.3) is 10.9 Å². The molecule has 3 heterocycles. The summed E-state index contributed by atoms with van der Waals surface area (Å²) >= 11 is 0. The van der Waals surface area contributed by atoms with Crippen LogP contribution >= 0.6 is 0 Å². The van der Waals surface area contributed by atoms with E-state index in [4.69, 9.17) is 4.98 Å². The van der Waals surface area contributed by atoms with Crippen molar-refractivity contribution in [1.82, 2.24) is 9.97 Å². The molecule has 1 saturated heterocycles. The summed E-state index contributed by atoms with van der Waals surface area (Å²) in [5.41, 5.74) is 1.44. The Morgan fingerprint density at radius 1 is 0.917 bits per heavy atom. The molecule has 0 saturated carbocycles. The summed E-state index contributed by atoms with van der Waals surface area (Å²) in [5.74, 6) is 0.388. The second-order valence-electron chi connectivity index (χ2n) is 8.60. The molecular formula is C26H25N5O4S. The molecule has 2 aromatic heterocycles. The zero-order chi connectivity index (χ0) is 25.3. The molecule has 1 fully saturated rings. The van der Waals surface area contributed by atoms with Gasteiger partial charge in [0.2, 0.25) is 0 Å². The van der Waals surface area contributed by atoms with Crippen LogP contribution in [-0.2, 0) is 10.0 Å². The van der Waals surface area contributed by atoms with Gasteiger partial charge in [-0.05, 0) is 55.0 Å². The molecule has 0 spiro atoms. The fraction of sp³-hybridized carbons (Fsp3) is 0.192. The number of rotatable bonds is 6. The highest BCUT2D eigenvalue weighted by Crippen LogP contribution is 2.28. The Labute approximate surface area is 209 Å². The van der Waals surface area contributed by atoms with Gasteiger partial charge in [0.15, 0.2) is 0 Å². The van der Waals surface area contributed by atoms with Crippen LogP contribution in [0.15, 0.2) is 77.8 Å². The second-order valence-corrected chi connectivity index (χ2v) is 10.2. The standard InChI is InChI=1S/C26H25N5O4S/c1-18-6-2-3-7-23(18)36(34,35)29-19-9-10-22-20(16-19)21(26(32)33)17-25(28-22)31-14-12-30(13-15-31)24-8-4-5-11-27-24/h2-11,16-17,29H,12-15H2,1H3,(H,32,33). The minimum Gasteiger partial charge on any atom is -0.478 e. The number of aromatic carboxylic acids is 1. The number of nitrogens with one attached hydrogen (secondary N) is 1. The van der Waals surface area contributed by atoms with Gasteiger partial charge in [0.1, 0.15) is 11.6 Å². The molecule has 184 valence electrons. The maximum absolute atomic E-state index is 12.9. The number of piperazine rings is 1. The van der Waals surface area contributed by atoms with Gasteiger partial charge in [0.25, 0.3) is 10.0 Å². The molecule has 1 aliphatic rings. The van der Waals surface area contributed by atoms with E-state index in [1.54, 1.807) is 49.5 Å². The van der Waals surface area contributed by atoms with Crippen LogP contribution in [0.5, 0.6) is 0 Å².